The Hall–Kier alpha value is -3.61. The molecule has 1 unspecified atom stereocenters. The third kappa shape index (κ3) is 4.49. The zero-order valence-corrected chi connectivity index (χ0v) is 25.0. The molecule has 1 spiro atoms. The molecule has 3 saturated heterocycles. The van der Waals surface area contributed by atoms with Crippen LogP contribution in [-0.4, -0.2) is 75.6 Å². The van der Waals surface area contributed by atoms with Crippen molar-refractivity contribution in [3.63, 3.8) is 0 Å². The number of fused-ring (bicyclic) bond motifs is 1. The number of nitrogens with two attached hydrogens (primary N) is 1. The van der Waals surface area contributed by atoms with Crippen LogP contribution in [0.3, 0.4) is 0 Å². The number of benzene rings is 1. The van der Waals surface area contributed by atoms with Crippen molar-refractivity contribution in [3.8, 4) is 11.8 Å². The van der Waals surface area contributed by atoms with E-state index >= 15 is 0 Å². The minimum Gasteiger partial charge on any atom is -0.464 e. The number of ether oxygens (including phenoxy) is 5. The number of rotatable bonds is 10. The number of hydrogen-bond acceptors (Lipinski definition) is 13. The molecule has 4 fully saturated rings. The summed E-state index contributed by atoms with van der Waals surface area (Å²) >= 11 is 0. The fourth-order valence-corrected chi connectivity index (χ4v) is 7.77. The van der Waals surface area contributed by atoms with Crippen LogP contribution in [0.15, 0.2) is 48.8 Å². The van der Waals surface area contributed by atoms with Gasteiger partial charge in [-0.1, -0.05) is 18.2 Å². The highest BCUT2D eigenvalue weighted by molar-refractivity contribution is 7.52. The molecule has 5 heterocycles. The minimum absolute atomic E-state index is 0.112. The number of nitrogens with one attached hydrogen (secondary N) is 1. The maximum absolute atomic E-state index is 14.4. The summed E-state index contributed by atoms with van der Waals surface area (Å²) in [7, 11) is -4.40. The lowest BCUT2D eigenvalue weighted by atomic mass is 10.0. The van der Waals surface area contributed by atoms with E-state index in [0.717, 1.165) is 0 Å². The van der Waals surface area contributed by atoms with Gasteiger partial charge in [-0.2, -0.15) is 15.4 Å². The van der Waals surface area contributed by atoms with Crippen LogP contribution < -0.4 is 15.3 Å². The number of para-hydroxylation sites is 1. The first kappa shape index (κ1) is 29.1. The fraction of sp³-hybridized carbons (Fsp3) is 0.500. The van der Waals surface area contributed by atoms with E-state index in [0.29, 0.717) is 24.4 Å². The summed E-state index contributed by atoms with van der Waals surface area (Å²) in [6.07, 6.45) is -1.63. The molecule has 16 heteroatoms. The molecular weight excluding hydrogens is 595 g/mol. The van der Waals surface area contributed by atoms with Crippen LogP contribution in [0.2, 0.25) is 0 Å². The van der Waals surface area contributed by atoms with Crippen LogP contribution in [0.1, 0.15) is 32.6 Å². The van der Waals surface area contributed by atoms with Crippen LogP contribution in [0, 0.1) is 17.2 Å². The number of anilines is 1. The molecule has 0 amide bonds. The second-order valence-corrected chi connectivity index (χ2v) is 13.3. The van der Waals surface area contributed by atoms with E-state index < -0.39 is 55.1 Å². The van der Waals surface area contributed by atoms with E-state index in [1.807, 2.05) is 0 Å². The van der Waals surface area contributed by atoms with Gasteiger partial charge in [0.25, 0.3) is 0 Å². The number of aromatic nitrogens is 3. The Labute approximate surface area is 252 Å². The van der Waals surface area contributed by atoms with Crippen molar-refractivity contribution in [1.82, 2.24) is 19.7 Å². The van der Waals surface area contributed by atoms with Crippen molar-refractivity contribution in [3.05, 3.63) is 54.5 Å². The van der Waals surface area contributed by atoms with E-state index in [9.17, 15) is 14.6 Å². The summed E-state index contributed by atoms with van der Waals surface area (Å²) in [5.41, 5.74) is 3.89. The molecule has 232 valence electrons. The van der Waals surface area contributed by atoms with E-state index in [-0.39, 0.29) is 24.1 Å². The molecule has 44 heavy (non-hydrogen) atoms. The lowest BCUT2D eigenvalue weighted by molar-refractivity contribution is -0.182. The molecule has 0 bridgehead atoms. The monoisotopic (exact) mass is 626 g/mol. The number of nitriles is 1. The smallest absolute Gasteiger partial charge is 0.459 e. The zero-order chi connectivity index (χ0) is 30.9. The number of esters is 1. The number of hydrogen-bond donors (Lipinski definition) is 2. The molecule has 2 aromatic heterocycles. The molecule has 3 aliphatic heterocycles. The SMILES string of the molecule is C[C@H](NP(=O)(Oc1ccccc1)O[C@H]1[C@]23OC(C)(C)O[C@H]2[C@H](c2ccc4c(N)ncnn24)O[C@]13C#N)C(=O)OCC1COC1. The lowest BCUT2D eigenvalue weighted by Crippen LogP contribution is -2.39. The standard InChI is InChI=1S/C28H31N6O9P/c1-16(24(35)38-13-17-11-37-12-17)33-44(36,41-18-7-5-4-6-8-18)42-25-27(14-29)28(25)22(40-26(2,3)43-28)21(39-27)19-9-10-20-23(30)31-15-32-34(19)20/h4-10,15-17,21-22,25H,11-13H2,1-3H3,(H,33,36)(H2,30,31,32)/t16-,21-,22-,25+,27+,28+,44?/m0/s1. The molecule has 7 rings (SSSR count). The van der Waals surface area contributed by atoms with Crippen LogP contribution in [0.5, 0.6) is 5.75 Å². The number of nitrogens with zero attached hydrogens (tertiary/aromatic N) is 4. The minimum atomic E-state index is -4.40. The topological polar surface area (TPSA) is 191 Å². The second kappa shape index (κ2) is 10.2. The molecule has 0 radical (unpaired) electrons. The van der Waals surface area contributed by atoms with Gasteiger partial charge in [0, 0.05) is 5.92 Å². The lowest BCUT2D eigenvalue weighted by Gasteiger charge is -2.28. The quantitative estimate of drug-likeness (QED) is 0.246. The first-order valence-electron chi connectivity index (χ1n) is 14.1. The average Bonchev–Trinajstić information content (AvgIpc) is 3.32. The summed E-state index contributed by atoms with van der Waals surface area (Å²) in [4.78, 5) is 16.8. The number of carbonyl (C=O) groups excluding carboxylic acids is 1. The highest BCUT2D eigenvalue weighted by Gasteiger charge is 2.95. The molecule has 1 aromatic carbocycles. The van der Waals surface area contributed by atoms with E-state index in [2.05, 4.69) is 21.2 Å². The van der Waals surface area contributed by atoms with Gasteiger partial charge in [0.05, 0.1) is 25.5 Å². The fourth-order valence-electron chi connectivity index (χ4n) is 6.05. The molecule has 7 atom stereocenters. The summed E-state index contributed by atoms with van der Waals surface area (Å²) in [5, 5.41) is 17.5. The zero-order valence-electron chi connectivity index (χ0n) is 24.1. The van der Waals surface area contributed by atoms with Gasteiger partial charge in [0.1, 0.15) is 41.9 Å². The van der Waals surface area contributed by atoms with Gasteiger partial charge in [-0.05, 0) is 45.0 Å². The summed E-state index contributed by atoms with van der Waals surface area (Å²) in [6, 6.07) is 12.9. The summed E-state index contributed by atoms with van der Waals surface area (Å²) < 4.78 is 57.6. The third-order valence-corrected chi connectivity index (χ3v) is 9.79. The average molecular weight is 627 g/mol. The second-order valence-electron chi connectivity index (χ2n) is 11.7. The summed E-state index contributed by atoms with van der Waals surface area (Å²) in [6.45, 7) is 6.07. The van der Waals surface area contributed by atoms with E-state index in [4.69, 9.17) is 38.5 Å². The third-order valence-electron chi connectivity index (χ3n) is 8.15. The van der Waals surface area contributed by atoms with E-state index in [1.54, 1.807) is 60.8 Å². The van der Waals surface area contributed by atoms with Crippen molar-refractivity contribution < 1.29 is 42.1 Å². The Morgan fingerprint density at radius 2 is 2.02 bits per heavy atom. The van der Waals surface area contributed by atoms with E-state index in [1.165, 1.54) is 13.3 Å². The Kier molecular flexibility index (Phi) is 6.76. The van der Waals surface area contributed by atoms with Gasteiger partial charge in [-0.3, -0.25) is 9.32 Å². The van der Waals surface area contributed by atoms with Crippen molar-refractivity contribution >= 4 is 25.1 Å². The van der Waals surface area contributed by atoms with Gasteiger partial charge in [-0.15, -0.1) is 0 Å². The first-order valence-corrected chi connectivity index (χ1v) is 15.7. The van der Waals surface area contributed by atoms with Crippen molar-refractivity contribution in [2.45, 2.75) is 62.1 Å². The van der Waals surface area contributed by atoms with Crippen molar-refractivity contribution in [1.29, 1.82) is 5.26 Å². The van der Waals surface area contributed by atoms with Gasteiger partial charge < -0.3 is 33.9 Å². The molecule has 3 N–H and O–H groups in total. The van der Waals surface area contributed by atoms with Crippen molar-refractivity contribution in [2.75, 3.05) is 25.6 Å². The normalized spacial score (nSPS) is 32.1. The predicted molar refractivity (Wildman–Crippen MR) is 150 cm³/mol. The van der Waals surface area contributed by atoms with Gasteiger partial charge in [0.15, 0.2) is 23.3 Å². The molecule has 3 aromatic rings. The van der Waals surface area contributed by atoms with Gasteiger partial charge >= 0.3 is 13.7 Å². The summed E-state index contributed by atoms with van der Waals surface area (Å²) in [5.74, 6) is -1.22. The van der Waals surface area contributed by atoms with Gasteiger partial charge in [-0.25, -0.2) is 14.1 Å². The first-order chi connectivity index (χ1) is 21.0. The molecular formula is C28H31N6O9P. The maximum atomic E-state index is 14.4. The Bertz CT molecular complexity index is 1690. The van der Waals surface area contributed by atoms with Crippen LogP contribution >= 0.6 is 7.75 Å². The number of carbonyl (C=O) groups is 1. The van der Waals surface area contributed by atoms with Crippen LogP contribution in [0.25, 0.3) is 5.52 Å². The largest absolute Gasteiger partial charge is 0.464 e. The van der Waals surface area contributed by atoms with Crippen molar-refractivity contribution in [2.24, 2.45) is 5.92 Å². The predicted octanol–water partition coefficient (Wildman–Crippen LogP) is 2.29. The van der Waals surface area contributed by atoms with Crippen LogP contribution in [0.4, 0.5) is 5.82 Å². The Morgan fingerprint density at radius 1 is 1.25 bits per heavy atom. The molecule has 1 saturated carbocycles. The molecule has 15 nitrogen and oxygen atoms in total. The Balaban J connectivity index is 1.19. The van der Waals surface area contributed by atoms with Crippen LogP contribution in [-0.2, 0) is 37.6 Å². The Morgan fingerprint density at radius 3 is 2.73 bits per heavy atom. The molecule has 1 aliphatic carbocycles. The molecule has 4 aliphatic rings. The highest BCUT2D eigenvalue weighted by Crippen LogP contribution is 2.74. The number of nitrogen functional groups attached to an aromatic ring is 1. The van der Waals surface area contributed by atoms with Gasteiger partial charge in [0.2, 0.25) is 5.60 Å². The maximum Gasteiger partial charge on any atom is 0.459 e. The highest BCUT2D eigenvalue weighted by atomic mass is 31.2.